The van der Waals surface area contributed by atoms with Gasteiger partial charge in [0.2, 0.25) is 0 Å². The van der Waals surface area contributed by atoms with E-state index in [9.17, 15) is 14.4 Å². The highest BCUT2D eigenvalue weighted by molar-refractivity contribution is 5.71. The summed E-state index contributed by atoms with van der Waals surface area (Å²) in [5.74, 6) is -0.847. The maximum atomic E-state index is 12.9. The number of allylic oxidation sites excluding steroid dienone is 6. The molecule has 0 aromatic rings. The molecule has 0 aliphatic heterocycles. The third kappa shape index (κ3) is 66.4. The molecule has 0 aliphatic rings. The lowest BCUT2D eigenvalue weighted by Crippen LogP contribution is -2.30. The molecule has 0 bridgehead atoms. The second-order valence-electron chi connectivity index (χ2n) is 24.5. The molecule has 1 atom stereocenters. The summed E-state index contributed by atoms with van der Waals surface area (Å²) in [6.07, 6.45) is 86.4. The van der Waals surface area contributed by atoms with E-state index in [1.54, 1.807) is 0 Å². The van der Waals surface area contributed by atoms with Crippen LogP contribution in [0.15, 0.2) is 36.5 Å². The number of rotatable bonds is 67. The van der Waals surface area contributed by atoms with Crippen molar-refractivity contribution in [3.05, 3.63) is 36.5 Å². The summed E-state index contributed by atoms with van der Waals surface area (Å²) in [6.45, 7) is 6.66. The van der Waals surface area contributed by atoms with Crippen LogP contribution in [0.1, 0.15) is 400 Å². The van der Waals surface area contributed by atoms with Gasteiger partial charge in [0, 0.05) is 19.3 Å². The lowest BCUT2D eigenvalue weighted by atomic mass is 10.0. The zero-order valence-corrected chi connectivity index (χ0v) is 54.1. The van der Waals surface area contributed by atoms with Crippen molar-refractivity contribution in [2.75, 3.05) is 13.2 Å². The van der Waals surface area contributed by atoms with Crippen molar-refractivity contribution in [1.29, 1.82) is 0 Å². The van der Waals surface area contributed by atoms with Crippen LogP contribution < -0.4 is 0 Å². The van der Waals surface area contributed by atoms with E-state index in [2.05, 4.69) is 57.2 Å². The summed E-state index contributed by atoms with van der Waals surface area (Å²) in [6, 6.07) is 0. The first-order chi connectivity index (χ1) is 39.5. The second kappa shape index (κ2) is 69.1. The van der Waals surface area contributed by atoms with Crippen LogP contribution in [-0.4, -0.2) is 37.2 Å². The number of carbonyl (C=O) groups excluding carboxylic acids is 3. The number of hydrogen-bond acceptors (Lipinski definition) is 6. The van der Waals surface area contributed by atoms with Crippen LogP contribution in [0.2, 0.25) is 0 Å². The van der Waals surface area contributed by atoms with E-state index in [0.29, 0.717) is 19.3 Å². The Morgan fingerprint density at radius 1 is 0.250 bits per heavy atom. The topological polar surface area (TPSA) is 78.9 Å². The van der Waals surface area contributed by atoms with Gasteiger partial charge in [-0.2, -0.15) is 0 Å². The van der Waals surface area contributed by atoms with Gasteiger partial charge in [-0.3, -0.25) is 14.4 Å². The maximum Gasteiger partial charge on any atom is 0.306 e. The van der Waals surface area contributed by atoms with Crippen molar-refractivity contribution in [2.45, 2.75) is 406 Å². The minimum atomic E-state index is -0.768. The minimum absolute atomic E-state index is 0.0668. The molecule has 0 radical (unpaired) electrons. The molecule has 0 saturated carbocycles. The fourth-order valence-electron chi connectivity index (χ4n) is 10.9. The molecule has 0 heterocycles. The Kier molecular flexibility index (Phi) is 67.1. The molecule has 0 fully saturated rings. The van der Waals surface area contributed by atoms with Gasteiger partial charge in [-0.05, 0) is 77.0 Å². The number of unbranched alkanes of at least 4 members (excludes halogenated alkanes) is 50. The smallest absolute Gasteiger partial charge is 0.306 e. The summed E-state index contributed by atoms with van der Waals surface area (Å²) in [4.78, 5) is 38.2. The van der Waals surface area contributed by atoms with Crippen LogP contribution in [0, 0.1) is 0 Å². The molecule has 0 rings (SSSR count). The van der Waals surface area contributed by atoms with Crippen LogP contribution in [0.3, 0.4) is 0 Å². The molecule has 80 heavy (non-hydrogen) atoms. The van der Waals surface area contributed by atoms with Crippen LogP contribution in [0.4, 0.5) is 0 Å². The van der Waals surface area contributed by atoms with Crippen molar-refractivity contribution in [1.82, 2.24) is 0 Å². The number of ether oxygens (including phenoxy) is 3. The lowest BCUT2D eigenvalue weighted by molar-refractivity contribution is -0.167. The molecule has 1 unspecified atom stereocenters. The minimum Gasteiger partial charge on any atom is -0.462 e. The lowest BCUT2D eigenvalue weighted by Gasteiger charge is -2.18. The van der Waals surface area contributed by atoms with E-state index in [-0.39, 0.29) is 31.1 Å². The van der Waals surface area contributed by atoms with Gasteiger partial charge in [0.1, 0.15) is 13.2 Å². The van der Waals surface area contributed by atoms with Gasteiger partial charge in [0.05, 0.1) is 0 Å². The highest BCUT2D eigenvalue weighted by Crippen LogP contribution is 2.18. The fraction of sp³-hybridized carbons (Fsp3) is 0.878. The normalized spacial score (nSPS) is 12.2. The molecular formula is C74H138O6. The average molecular weight is 1120 g/mol. The van der Waals surface area contributed by atoms with Crippen molar-refractivity contribution >= 4 is 17.9 Å². The first-order valence-electron chi connectivity index (χ1n) is 36.0. The monoisotopic (exact) mass is 1120 g/mol. The molecule has 0 amide bonds. The number of esters is 3. The van der Waals surface area contributed by atoms with Crippen LogP contribution in [-0.2, 0) is 28.6 Å². The van der Waals surface area contributed by atoms with Crippen LogP contribution in [0.5, 0.6) is 0 Å². The van der Waals surface area contributed by atoms with Crippen molar-refractivity contribution in [3.8, 4) is 0 Å². The summed E-state index contributed by atoms with van der Waals surface area (Å²) < 4.78 is 16.9. The zero-order chi connectivity index (χ0) is 57.8. The van der Waals surface area contributed by atoms with E-state index in [4.69, 9.17) is 14.2 Å². The molecular weight excluding hydrogens is 985 g/mol. The fourth-order valence-corrected chi connectivity index (χ4v) is 10.9. The molecule has 470 valence electrons. The van der Waals surface area contributed by atoms with Gasteiger partial charge in [0.15, 0.2) is 6.10 Å². The highest BCUT2D eigenvalue weighted by Gasteiger charge is 2.19. The van der Waals surface area contributed by atoms with Gasteiger partial charge in [0.25, 0.3) is 0 Å². The third-order valence-electron chi connectivity index (χ3n) is 16.4. The molecule has 0 N–H and O–H groups in total. The summed E-state index contributed by atoms with van der Waals surface area (Å²) in [7, 11) is 0. The van der Waals surface area contributed by atoms with Crippen molar-refractivity contribution in [3.63, 3.8) is 0 Å². The molecule has 0 saturated heterocycles. The second-order valence-corrected chi connectivity index (χ2v) is 24.5. The highest BCUT2D eigenvalue weighted by atomic mass is 16.6. The predicted molar refractivity (Wildman–Crippen MR) is 349 cm³/mol. The maximum absolute atomic E-state index is 12.9. The Hall–Kier alpha value is -2.37. The van der Waals surface area contributed by atoms with Gasteiger partial charge in [-0.25, -0.2) is 0 Å². The zero-order valence-electron chi connectivity index (χ0n) is 54.1. The van der Waals surface area contributed by atoms with E-state index < -0.39 is 6.10 Å². The Labute approximate surface area is 499 Å². The van der Waals surface area contributed by atoms with Crippen LogP contribution >= 0.6 is 0 Å². The van der Waals surface area contributed by atoms with Crippen molar-refractivity contribution in [2.24, 2.45) is 0 Å². The van der Waals surface area contributed by atoms with Gasteiger partial charge < -0.3 is 14.2 Å². The number of hydrogen-bond donors (Lipinski definition) is 0. The van der Waals surface area contributed by atoms with Crippen LogP contribution in [0.25, 0.3) is 0 Å². The molecule has 0 aromatic carbocycles. The van der Waals surface area contributed by atoms with Gasteiger partial charge in [-0.15, -0.1) is 0 Å². The quantitative estimate of drug-likeness (QED) is 0.0261. The van der Waals surface area contributed by atoms with Gasteiger partial charge >= 0.3 is 17.9 Å². The standard InChI is InChI=1S/C74H138O6/c1-4-7-10-13-16-19-21-23-25-27-29-30-31-32-33-34-35-36-37-38-39-40-41-42-43-44-46-47-49-51-53-55-58-61-64-67-73(76)79-70-71(69-78-72(75)66-63-60-57-18-15-12-9-6-3)80-74(77)68-65-62-59-56-54-52-50-48-45-28-26-24-22-20-17-14-11-8-5-2/h21,23-24,26-27,29,71H,4-20,22,25,28,30-70H2,1-3H3/b23-21-,26-24-,29-27-. The summed E-state index contributed by atoms with van der Waals surface area (Å²) in [5, 5.41) is 0. The first kappa shape index (κ1) is 77.6. The largest absolute Gasteiger partial charge is 0.462 e. The third-order valence-corrected chi connectivity index (χ3v) is 16.4. The Balaban J connectivity index is 3.97. The SMILES string of the molecule is CCCCCCC/C=C\C/C=C\CCCCCCCCCCCCCCCCCCCCCCCCCC(=O)OCC(COC(=O)CCCCCCCCCC)OC(=O)CCCCCCCCCCC/C=C\CCCCCCCC. The average Bonchev–Trinajstić information content (AvgIpc) is 3.46. The Morgan fingerprint density at radius 3 is 0.700 bits per heavy atom. The van der Waals surface area contributed by atoms with Gasteiger partial charge in [-0.1, -0.05) is 340 Å². The first-order valence-corrected chi connectivity index (χ1v) is 36.0. The molecule has 0 spiro atoms. The summed E-state index contributed by atoms with van der Waals surface area (Å²) >= 11 is 0. The number of carbonyl (C=O) groups is 3. The van der Waals surface area contributed by atoms with E-state index in [0.717, 1.165) is 64.2 Å². The summed E-state index contributed by atoms with van der Waals surface area (Å²) in [5.41, 5.74) is 0. The predicted octanol–water partition coefficient (Wildman–Crippen LogP) is 24.7. The molecule has 6 heteroatoms. The van der Waals surface area contributed by atoms with Crippen molar-refractivity contribution < 1.29 is 28.6 Å². The van der Waals surface area contributed by atoms with E-state index >= 15 is 0 Å². The molecule has 6 nitrogen and oxygen atoms in total. The van der Waals surface area contributed by atoms with E-state index in [1.165, 1.54) is 295 Å². The van der Waals surface area contributed by atoms with E-state index in [1.807, 2.05) is 0 Å². The Morgan fingerprint density at radius 2 is 0.450 bits per heavy atom. The molecule has 0 aromatic heterocycles. The Bertz CT molecular complexity index is 1340. The molecule has 0 aliphatic carbocycles.